The van der Waals surface area contributed by atoms with Crippen LogP contribution in [0.15, 0.2) is 153 Å². The molecule has 0 spiro atoms. The van der Waals surface area contributed by atoms with Gasteiger partial charge in [0.1, 0.15) is 5.75 Å². The number of benzene rings is 5. The standard InChI is InChI=1S/C38H35N7O4/c1-4-37(46)48-26-8-7-11-38(47)49-32-22-18-30(19-23-32)40-39-27-12-14-28(15-13-27)41-43-35-24-25-36(34-10-6-5-9-33(34)35)44-42-29-16-20-31(21-17-29)45(2)3/h4-6,9-10,12-25H,1,7-8,11,26H2,2-3H3/b40-39+,43-41+,44-42+. The minimum Gasteiger partial charge on any atom is -0.463 e. The van der Waals surface area contributed by atoms with Crippen LogP contribution in [-0.4, -0.2) is 32.6 Å². The van der Waals surface area contributed by atoms with Gasteiger partial charge in [-0.05, 0) is 97.8 Å². The van der Waals surface area contributed by atoms with Crippen LogP contribution in [0.3, 0.4) is 0 Å². The number of carbonyl (C=O) groups is 2. The van der Waals surface area contributed by atoms with Crippen LogP contribution in [0.5, 0.6) is 5.75 Å². The Labute approximate surface area is 284 Å². The predicted octanol–water partition coefficient (Wildman–Crippen LogP) is 11.0. The van der Waals surface area contributed by atoms with Crippen molar-refractivity contribution in [1.29, 1.82) is 0 Å². The molecule has 0 bridgehead atoms. The van der Waals surface area contributed by atoms with Gasteiger partial charge < -0.3 is 14.4 Å². The molecule has 0 amide bonds. The summed E-state index contributed by atoms with van der Waals surface area (Å²) in [7, 11) is 3.99. The van der Waals surface area contributed by atoms with Crippen molar-refractivity contribution in [3.05, 3.63) is 122 Å². The second-order valence-corrected chi connectivity index (χ2v) is 11.0. The van der Waals surface area contributed by atoms with Gasteiger partial charge in [0.05, 0.1) is 40.7 Å². The lowest BCUT2D eigenvalue weighted by molar-refractivity contribution is -0.137. The summed E-state index contributed by atoms with van der Waals surface area (Å²) in [5, 5.41) is 28.3. The third kappa shape index (κ3) is 10.1. The van der Waals surface area contributed by atoms with Gasteiger partial charge >= 0.3 is 11.9 Å². The third-order valence-electron chi connectivity index (χ3n) is 7.18. The van der Waals surface area contributed by atoms with E-state index in [4.69, 9.17) is 9.47 Å². The van der Waals surface area contributed by atoms with Crippen LogP contribution >= 0.6 is 0 Å². The Bertz CT molecular complexity index is 1990. The van der Waals surface area contributed by atoms with Crippen molar-refractivity contribution in [2.24, 2.45) is 30.7 Å². The highest BCUT2D eigenvalue weighted by atomic mass is 16.5. The molecule has 0 radical (unpaired) electrons. The number of hydrogen-bond acceptors (Lipinski definition) is 11. The molecule has 0 aliphatic heterocycles. The summed E-state index contributed by atoms with van der Waals surface area (Å²) in [5.41, 5.74) is 5.24. The minimum absolute atomic E-state index is 0.214. The van der Waals surface area contributed by atoms with Crippen LogP contribution in [0.4, 0.5) is 39.8 Å². The minimum atomic E-state index is -0.477. The molecule has 5 rings (SSSR count). The molecule has 0 fully saturated rings. The number of rotatable bonds is 14. The number of azo groups is 3. The van der Waals surface area contributed by atoms with Crippen molar-refractivity contribution in [2.45, 2.75) is 19.3 Å². The Kier molecular flexibility index (Phi) is 11.8. The maximum atomic E-state index is 12.1. The first kappa shape index (κ1) is 34.0. The molecule has 0 saturated heterocycles. The summed E-state index contributed by atoms with van der Waals surface area (Å²) in [6, 6.07) is 33.6. The fourth-order valence-electron chi connectivity index (χ4n) is 4.55. The molecule has 0 N–H and O–H groups in total. The van der Waals surface area contributed by atoms with E-state index in [-0.39, 0.29) is 19.0 Å². The van der Waals surface area contributed by atoms with E-state index in [1.807, 2.05) is 91.8 Å². The van der Waals surface area contributed by atoms with Crippen LogP contribution in [0.25, 0.3) is 10.8 Å². The van der Waals surface area contributed by atoms with E-state index in [2.05, 4.69) is 37.3 Å². The molecule has 0 aromatic heterocycles. The Morgan fingerprint density at radius 1 is 0.633 bits per heavy atom. The molecule has 0 saturated carbocycles. The first-order valence-electron chi connectivity index (χ1n) is 15.6. The zero-order valence-corrected chi connectivity index (χ0v) is 27.3. The highest BCUT2D eigenvalue weighted by Gasteiger charge is 2.07. The number of esters is 2. The first-order chi connectivity index (χ1) is 23.9. The number of carbonyl (C=O) groups excluding carboxylic acids is 2. The smallest absolute Gasteiger partial charge is 0.330 e. The monoisotopic (exact) mass is 653 g/mol. The van der Waals surface area contributed by atoms with E-state index < -0.39 is 5.97 Å². The number of unbranched alkanes of at least 4 members (excludes halogenated alkanes) is 1. The average molecular weight is 654 g/mol. The van der Waals surface area contributed by atoms with Crippen molar-refractivity contribution in [1.82, 2.24) is 0 Å². The van der Waals surface area contributed by atoms with E-state index in [9.17, 15) is 9.59 Å². The SMILES string of the molecule is C=CC(=O)OCCCCC(=O)Oc1ccc(/N=N/c2ccc(/N=N/c3ccc(/N=N/c4ccc(N(C)C)cc4)c4ccccc34)cc2)cc1. The van der Waals surface area contributed by atoms with Crippen LogP contribution in [0.2, 0.25) is 0 Å². The fourth-order valence-corrected chi connectivity index (χ4v) is 4.55. The number of hydrogen-bond donors (Lipinski definition) is 0. The van der Waals surface area contributed by atoms with Gasteiger partial charge in [-0.15, -0.1) is 10.2 Å². The largest absolute Gasteiger partial charge is 0.463 e. The molecule has 49 heavy (non-hydrogen) atoms. The molecule has 0 heterocycles. The molecule has 0 aliphatic rings. The van der Waals surface area contributed by atoms with E-state index in [1.165, 1.54) is 0 Å². The van der Waals surface area contributed by atoms with Crippen molar-refractivity contribution < 1.29 is 19.1 Å². The van der Waals surface area contributed by atoms with Gasteiger partial charge in [0.25, 0.3) is 0 Å². The molecule has 11 heteroatoms. The highest BCUT2D eigenvalue weighted by Crippen LogP contribution is 2.35. The summed E-state index contributed by atoms with van der Waals surface area (Å²) in [4.78, 5) is 25.1. The summed E-state index contributed by atoms with van der Waals surface area (Å²) in [6.45, 7) is 3.57. The quantitative estimate of drug-likeness (QED) is 0.0387. The molecule has 0 unspecified atom stereocenters. The molecular formula is C38H35N7O4. The lowest BCUT2D eigenvalue weighted by Crippen LogP contribution is -2.08. The summed E-state index contributed by atoms with van der Waals surface area (Å²) >= 11 is 0. The van der Waals surface area contributed by atoms with Crippen molar-refractivity contribution in [2.75, 3.05) is 25.6 Å². The zero-order valence-electron chi connectivity index (χ0n) is 27.3. The lowest BCUT2D eigenvalue weighted by Gasteiger charge is -2.11. The maximum absolute atomic E-state index is 12.1. The second-order valence-electron chi connectivity index (χ2n) is 11.0. The molecule has 246 valence electrons. The molecule has 11 nitrogen and oxygen atoms in total. The van der Waals surface area contributed by atoms with Crippen molar-refractivity contribution >= 4 is 62.5 Å². The Morgan fingerprint density at radius 3 is 1.59 bits per heavy atom. The molecule has 0 aliphatic carbocycles. The normalized spacial score (nSPS) is 11.4. The summed E-state index contributed by atoms with van der Waals surface area (Å²) < 4.78 is 10.2. The number of fused-ring (bicyclic) bond motifs is 1. The van der Waals surface area contributed by atoms with Crippen LogP contribution < -0.4 is 9.64 Å². The van der Waals surface area contributed by atoms with Crippen LogP contribution in [0, 0.1) is 0 Å². The Balaban J connectivity index is 1.15. The average Bonchev–Trinajstić information content (AvgIpc) is 3.13. The lowest BCUT2D eigenvalue weighted by atomic mass is 10.1. The second kappa shape index (κ2) is 17.0. The van der Waals surface area contributed by atoms with E-state index in [1.54, 1.807) is 36.4 Å². The van der Waals surface area contributed by atoms with Gasteiger partial charge in [-0.25, -0.2) is 4.79 Å². The predicted molar refractivity (Wildman–Crippen MR) is 191 cm³/mol. The molecule has 5 aromatic carbocycles. The maximum Gasteiger partial charge on any atom is 0.330 e. The van der Waals surface area contributed by atoms with E-state index >= 15 is 0 Å². The van der Waals surface area contributed by atoms with Gasteiger partial charge in [-0.3, -0.25) is 4.79 Å². The van der Waals surface area contributed by atoms with Gasteiger partial charge in [0, 0.05) is 43.1 Å². The third-order valence-corrected chi connectivity index (χ3v) is 7.18. The summed E-state index contributed by atoms with van der Waals surface area (Å²) in [5.74, 6) is -0.430. The van der Waals surface area contributed by atoms with Crippen molar-refractivity contribution in [3.8, 4) is 5.75 Å². The van der Waals surface area contributed by atoms with Gasteiger partial charge in [-0.2, -0.15) is 20.5 Å². The van der Waals surface area contributed by atoms with E-state index in [0.29, 0.717) is 41.3 Å². The van der Waals surface area contributed by atoms with E-state index in [0.717, 1.165) is 33.9 Å². The number of ether oxygens (including phenoxy) is 2. The number of anilines is 1. The highest BCUT2D eigenvalue weighted by molar-refractivity contribution is 5.99. The zero-order chi connectivity index (χ0) is 34.4. The Hall–Kier alpha value is -6.36. The molecule has 0 atom stereocenters. The van der Waals surface area contributed by atoms with Crippen LogP contribution in [0.1, 0.15) is 19.3 Å². The topological polar surface area (TPSA) is 130 Å². The summed E-state index contributed by atoms with van der Waals surface area (Å²) in [6.07, 6.45) is 2.42. The molecule has 5 aromatic rings. The van der Waals surface area contributed by atoms with Gasteiger partial charge in [-0.1, -0.05) is 30.8 Å². The van der Waals surface area contributed by atoms with Gasteiger partial charge in [0.15, 0.2) is 0 Å². The first-order valence-corrected chi connectivity index (χ1v) is 15.6. The Morgan fingerprint density at radius 2 is 1.10 bits per heavy atom. The fraction of sp³-hybridized carbons (Fsp3) is 0.158. The van der Waals surface area contributed by atoms with Crippen molar-refractivity contribution in [3.63, 3.8) is 0 Å². The number of nitrogens with zero attached hydrogens (tertiary/aromatic N) is 7. The van der Waals surface area contributed by atoms with Crippen LogP contribution in [-0.2, 0) is 14.3 Å². The van der Waals surface area contributed by atoms with Gasteiger partial charge in [0.2, 0.25) is 0 Å². The molecular weight excluding hydrogens is 618 g/mol.